The minimum absolute atomic E-state index is 0.441. The average molecular weight is 538 g/mol. The number of benzene rings is 5. The van der Waals surface area contributed by atoms with Crippen molar-refractivity contribution in [2.24, 2.45) is 0 Å². The zero-order chi connectivity index (χ0) is 24.6. The van der Waals surface area contributed by atoms with E-state index in [0.717, 1.165) is 12.3 Å². The Kier molecular flexibility index (Phi) is 8.81. The van der Waals surface area contributed by atoms with Crippen molar-refractivity contribution in [2.75, 3.05) is 12.3 Å². The molecule has 0 bridgehead atoms. The molecule has 1 unspecified atom stereocenters. The van der Waals surface area contributed by atoms with E-state index in [1.54, 1.807) is 0 Å². The van der Waals surface area contributed by atoms with Crippen LogP contribution in [0, 0.1) is 0 Å². The summed E-state index contributed by atoms with van der Waals surface area (Å²) in [5.74, 6) is 0. The van der Waals surface area contributed by atoms with Crippen LogP contribution in [0.3, 0.4) is 0 Å². The van der Waals surface area contributed by atoms with Gasteiger partial charge in [-0.3, -0.25) is 0 Å². The fraction of sp³-hybridized carbons (Fsp3) is 0.0625. The Bertz CT molecular complexity index is 1310. The third kappa shape index (κ3) is 6.05. The molecular weight excluding hydrogens is 510 g/mol. The molecule has 0 spiro atoms. The number of halogens is 1. The second-order valence-electron chi connectivity index (χ2n) is 8.51. The van der Waals surface area contributed by atoms with Crippen molar-refractivity contribution in [3.8, 4) is 0 Å². The number of hydrogen-bond acceptors (Lipinski definition) is 0. The lowest BCUT2D eigenvalue weighted by Crippen LogP contribution is -2.45. The normalized spacial score (nSPS) is 12.1. The molecule has 0 aliphatic rings. The van der Waals surface area contributed by atoms with E-state index in [0.29, 0.717) is 0 Å². The molecule has 0 aromatic heterocycles. The van der Waals surface area contributed by atoms with Gasteiger partial charge in [-0.1, -0.05) is 146 Å². The molecule has 177 valence electrons. The minimum atomic E-state index is -1.37. The molecule has 0 amide bonds. The highest BCUT2D eigenvalue weighted by Gasteiger charge is 2.25. The Hall–Kier alpha value is -2.53. The molecule has 5 aromatic rings. The standard InChI is InChI=1S/C32H28ClP2Si/c33-36(30-21-11-4-12-22-30)32-24-14-13-23-31(32)35(29-19-9-3-10-20-29)26-25-34(27-15-5-1-6-16-27)28-17-7-2-8-18-28/h1-24H,25-26H2. The summed E-state index contributed by atoms with van der Waals surface area (Å²) < 4.78 is 0. The third-order valence-electron chi connectivity index (χ3n) is 6.21. The summed E-state index contributed by atoms with van der Waals surface area (Å²) in [6.07, 6.45) is 2.28. The van der Waals surface area contributed by atoms with Crippen molar-refractivity contribution in [2.45, 2.75) is 0 Å². The summed E-state index contributed by atoms with van der Waals surface area (Å²) in [6.45, 7) is 0. The fourth-order valence-electron chi connectivity index (χ4n) is 4.45. The lowest BCUT2D eigenvalue weighted by molar-refractivity contribution is 1.51. The van der Waals surface area contributed by atoms with E-state index in [4.69, 9.17) is 11.1 Å². The largest absolute Gasteiger partial charge is 0.234 e. The summed E-state index contributed by atoms with van der Waals surface area (Å²) in [6, 6.07) is 52.7. The maximum atomic E-state index is 7.24. The van der Waals surface area contributed by atoms with Gasteiger partial charge in [0, 0.05) is 0 Å². The smallest absolute Gasteiger partial charge is 0.156 e. The summed E-state index contributed by atoms with van der Waals surface area (Å²) in [7, 11) is -2.37. The first kappa shape index (κ1) is 25.1. The molecule has 0 N–H and O–H groups in total. The Morgan fingerprint density at radius 1 is 0.444 bits per heavy atom. The molecule has 0 saturated heterocycles. The quantitative estimate of drug-likeness (QED) is 0.130. The average Bonchev–Trinajstić information content (AvgIpc) is 2.97. The maximum absolute atomic E-state index is 7.24. The molecule has 5 rings (SSSR count). The fourth-order valence-corrected chi connectivity index (χ4v) is 13.0. The van der Waals surface area contributed by atoms with E-state index >= 15 is 0 Å². The van der Waals surface area contributed by atoms with E-state index in [1.165, 1.54) is 31.6 Å². The third-order valence-corrected chi connectivity index (χ3v) is 14.9. The van der Waals surface area contributed by atoms with E-state index < -0.39 is 23.9 Å². The molecule has 0 heterocycles. The molecule has 36 heavy (non-hydrogen) atoms. The SMILES string of the molecule is Cl[Si](c1ccccc1)c1ccccc1P(CCP(c1ccccc1)c1ccccc1)c1ccccc1. The van der Waals surface area contributed by atoms with Crippen molar-refractivity contribution >= 4 is 66.6 Å². The van der Waals surface area contributed by atoms with Crippen LogP contribution in [0.4, 0.5) is 0 Å². The monoisotopic (exact) mass is 537 g/mol. The summed E-state index contributed by atoms with van der Waals surface area (Å²) >= 11 is 7.24. The van der Waals surface area contributed by atoms with Crippen LogP contribution >= 0.6 is 26.9 Å². The summed E-state index contributed by atoms with van der Waals surface area (Å²) in [5, 5.41) is 8.32. The van der Waals surface area contributed by atoms with Crippen LogP contribution in [0.25, 0.3) is 0 Å². The Morgan fingerprint density at radius 2 is 0.833 bits per heavy atom. The lowest BCUT2D eigenvalue weighted by Gasteiger charge is -2.26. The molecule has 5 aromatic carbocycles. The van der Waals surface area contributed by atoms with Crippen molar-refractivity contribution in [1.29, 1.82) is 0 Å². The van der Waals surface area contributed by atoms with Gasteiger partial charge < -0.3 is 0 Å². The van der Waals surface area contributed by atoms with E-state index in [9.17, 15) is 0 Å². The lowest BCUT2D eigenvalue weighted by atomic mass is 10.4. The van der Waals surface area contributed by atoms with Crippen molar-refractivity contribution in [3.05, 3.63) is 146 Å². The molecule has 0 nitrogen and oxygen atoms in total. The molecule has 0 aliphatic carbocycles. The molecule has 0 aliphatic heterocycles. The van der Waals surface area contributed by atoms with Crippen molar-refractivity contribution in [3.63, 3.8) is 0 Å². The molecule has 1 atom stereocenters. The van der Waals surface area contributed by atoms with Gasteiger partial charge in [0.25, 0.3) is 0 Å². The minimum Gasteiger partial charge on any atom is -0.156 e. The number of rotatable bonds is 9. The van der Waals surface area contributed by atoms with Gasteiger partial charge in [-0.2, -0.15) is 11.1 Å². The van der Waals surface area contributed by atoms with E-state index in [-0.39, 0.29) is 0 Å². The molecule has 0 fully saturated rings. The van der Waals surface area contributed by atoms with Crippen LogP contribution in [-0.4, -0.2) is 20.4 Å². The predicted octanol–water partition coefficient (Wildman–Crippen LogP) is 5.60. The highest BCUT2D eigenvalue weighted by Crippen LogP contribution is 2.41. The first-order chi connectivity index (χ1) is 17.8. The van der Waals surface area contributed by atoms with Gasteiger partial charge in [0.05, 0.1) is 0 Å². The molecule has 0 saturated carbocycles. The Labute approximate surface area is 223 Å². The van der Waals surface area contributed by atoms with Crippen LogP contribution in [-0.2, 0) is 0 Å². The van der Waals surface area contributed by atoms with Gasteiger partial charge in [-0.25, -0.2) is 0 Å². The van der Waals surface area contributed by atoms with Crippen LogP contribution < -0.4 is 31.6 Å². The van der Waals surface area contributed by atoms with Crippen LogP contribution in [0.5, 0.6) is 0 Å². The first-order valence-corrected chi connectivity index (χ1v) is 17.8. The predicted molar refractivity (Wildman–Crippen MR) is 165 cm³/mol. The van der Waals surface area contributed by atoms with Crippen molar-refractivity contribution in [1.82, 2.24) is 0 Å². The maximum Gasteiger partial charge on any atom is 0.234 e. The van der Waals surface area contributed by atoms with Crippen LogP contribution in [0.1, 0.15) is 0 Å². The summed E-state index contributed by atoms with van der Waals surface area (Å²) in [4.78, 5) is 0. The van der Waals surface area contributed by atoms with Gasteiger partial charge in [-0.15, -0.1) is 0 Å². The van der Waals surface area contributed by atoms with Gasteiger partial charge >= 0.3 is 0 Å². The first-order valence-electron chi connectivity index (χ1n) is 12.2. The van der Waals surface area contributed by atoms with Crippen molar-refractivity contribution < 1.29 is 0 Å². The number of hydrogen-bond donors (Lipinski definition) is 0. The Balaban J connectivity index is 1.52. The van der Waals surface area contributed by atoms with E-state index in [1.807, 2.05) is 0 Å². The van der Waals surface area contributed by atoms with Gasteiger partial charge in [0.1, 0.15) is 0 Å². The zero-order valence-electron chi connectivity index (χ0n) is 20.0. The molecule has 4 heteroatoms. The molecule has 1 radical (unpaired) electrons. The zero-order valence-corrected chi connectivity index (χ0v) is 23.6. The van der Waals surface area contributed by atoms with E-state index in [2.05, 4.69) is 146 Å². The highest BCUT2D eigenvalue weighted by atomic mass is 35.6. The highest BCUT2D eigenvalue weighted by molar-refractivity contribution is 7.77. The van der Waals surface area contributed by atoms with Gasteiger partial charge in [0.2, 0.25) is 8.11 Å². The second kappa shape index (κ2) is 12.6. The van der Waals surface area contributed by atoms with Crippen LogP contribution in [0.2, 0.25) is 0 Å². The van der Waals surface area contributed by atoms with Crippen LogP contribution in [0.15, 0.2) is 146 Å². The Morgan fingerprint density at radius 3 is 1.36 bits per heavy atom. The second-order valence-corrected chi connectivity index (χ2v) is 16.0. The molecular formula is C32H28ClP2Si. The van der Waals surface area contributed by atoms with Gasteiger partial charge in [0.15, 0.2) is 0 Å². The topological polar surface area (TPSA) is 0 Å². The van der Waals surface area contributed by atoms with Gasteiger partial charge in [-0.05, 0) is 59.8 Å². The summed E-state index contributed by atoms with van der Waals surface area (Å²) in [5.41, 5.74) is 0.